The van der Waals surface area contributed by atoms with Gasteiger partial charge in [-0.2, -0.15) is 5.26 Å². The van der Waals surface area contributed by atoms with Crippen LogP contribution in [-0.4, -0.2) is 61.2 Å². The highest BCUT2D eigenvalue weighted by atomic mass is 16.5. The van der Waals surface area contributed by atoms with E-state index in [0.29, 0.717) is 12.2 Å². The third kappa shape index (κ3) is 3.62. The van der Waals surface area contributed by atoms with Crippen LogP contribution in [-0.2, 0) is 0 Å². The number of benzene rings is 2. The molecule has 1 aliphatic rings. The molecule has 0 spiro atoms. The van der Waals surface area contributed by atoms with Gasteiger partial charge in [-0.25, -0.2) is 0 Å². The lowest BCUT2D eigenvalue weighted by Gasteiger charge is -2.32. The van der Waals surface area contributed by atoms with Crippen LogP contribution in [0.5, 0.6) is 5.75 Å². The van der Waals surface area contributed by atoms with Crippen LogP contribution in [0.3, 0.4) is 0 Å². The minimum absolute atomic E-state index is 0.584. The highest BCUT2D eigenvalue weighted by Crippen LogP contribution is 2.26. The smallest absolute Gasteiger partial charge is 0.120 e. The molecule has 0 bridgehead atoms. The number of hydrogen-bond donors (Lipinski definition) is 0. The van der Waals surface area contributed by atoms with Gasteiger partial charge in [0.15, 0.2) is 0 Å². The Morgan fingerprint density at radius 2 is 1.88 bits per heavy atom. The molecule has 0 saturated carbocycles. The van der Waals surface area contributed by atoms with Gasteiger partial charge >= 0.3 is 0 Å². The van der Waals surface area contributed by atoms with Gasteiger partial charge in [-0.3, -0.25) is 9.88 Å². The predicted molar refractivity (Wildman–Crippen MR) is 103 cm³/mol. The van der Waals surface area contributed by atoms with Crippen molar-refractivity contribution >= 4 is 21.7 Å². The van der Waals surface area contributed by atoms with Crippen molar-refractivity contribution in [3.05, 3.63) is 48.2 Å². The van der Waals surface area contributed by atoms with Crippen LogP contribution in [0, 0.1) is 11.3 Å². The second-order valence-electron chi connectivity index (χ2n) is 6.88. The molecule has 1 aromatic heterocycles. The van der Waals surface area contributed by atoms with Crippen LogP contribution in [0.4, 0.5) is 0 Å². The van der Waals surface area contributed by atoms with Crippen molar-refractivity contribution < 1.29 is 4.74 Å². The van der Waals surface area contributed by atoms with Crippen molar-refractivity contribution in [1.29, 1.82) is 5.26 Å². The van der Waals surface area contributed by atoms with E-state index in [1.807, 2.05) is 12.1 Å². The number of fused-ring (bicyclic) bond motifs is 2. The summed E-state index contributed by atoms with van der Waals surface area (Å²) < 4.78 is 5.97. The quantitative estimate of drug-likeness (QED) is 0.680. The number of nitriles is 1. The molecule has 0 aliphatic carbocycles. The number of hydrogen-bond acceptors (Lipinski definition) is 5. The number of pyridine rings is 1. The Balaban J connectivity index is 1.46. The average Bonchev–Trinajstić information content (AvgIpc) is 2.67. The largest absolute Gasteiger partial charge is 0.492 e. The molecule has 2 aromatic carbocycles. The maximum atomic E-state index is 9.02. The number of likely N-dealkylation sites (N-methyl/N-ethyl adjacent to an activating group) is 1. The molecule has 0 radical (unpaired) electrons. The van der Waals surface area contributed by atoms with Crippen molar-refractivity contribution in [2.24, 2.45) is 0 Å². The van der Waals surface area contributed by atoms with Gasteiger partial charge < -0.3 is 9.64 Å². The van der Waals surface area contributed by atoms with Crippen molar-refractivity contribution in [2.45, 2.75) is 0 Å². The molecule has 132 valence electrons. The van der Waals surface area contributed by atoms with Gasteiger partial charge in [0, 0.05) is 44.3 Å². The molecule has 3 aromatic rings. The number of aromatic nitrogens is 1. The van der Waals surface area contributed by atoms with Gasteiger partial charge in [-0.1, -0.05) is 6.07 Å². The van der Waals surface area contributed by atoms with E-state index in [1.54, 1.807) is 6.20 Å². The van der Waals surface area contributed by atoms with E-state index in [9.17, 15) is 0 Å². The highest BCUT2D eigenvalue weighted by Gasteiger charge is 2.13. The van der Waals surface area contributed by atoms with Crippen LogP contribution in [0.2, 0.25) is 0 Å². The summed E-state index contributed by atoms with van der Waals surface area (Å²) in [5, 5.41) is 12.2. The Morgan fingerprint density at radius 3 is 2.69 bits per heavy atom. The maximum absolute atomic E-state index is 9.02. The second kappa shape index (κ2) is 7.28. The van der Waals surface area contributed by atoms with E-state index in [2.05, 4.69) is 52.2 Å². The number of nitrogens with zero attached hydrogens (tertiary/aromatic N) is 4. The average molecular weight is 346 g/mol. The Morgan fingerprint density at radius 1 is 1.04 bits per heavy atom. The van der Waals surface area contributed by atoms with Crippen LogP contribution >= 0.6 is 0 Å². The van der Waals surface area contributed by atoms with Crippen molar-refractivity contribution in [2.75, 3.05) is 46.4 Å². The molecule has 5 nitrogen and oxygen atoms in total. The van der Waals surface area contributed by atoms with Crippen LogP contribution in [0.1, 0.15) is 5.56 Å². The lowest BCUT2D eigenvalue weighted by Crippen LogP contribution is -2.45. The van der Waals surface area contributed by atoms with Gasteiger partial charge in [-0.05, 0) is 48.2 Å². The zero-order valence-electron chi connectivity index (χ0n) is 15.0. The van der Waals surface area contributed by atoms with Crippen molar-refractivity contribution in [3.63, 3.8) is 0 Å². The Labute approximate surface area is 153 Å². The topological polar surface area (TPSA) is 52.4 Å². The molecule has 0 N–H and O–H groups in total. The third-order valence-electron chi connectivity index (χ3n) is 5.01. The molecular formula is C21H22N4O. The van der Waals surface area contributed by atoms with Crippen LogP contribution in [0.25, 0.3) is 21.7 Å². The first kappa shape index (κ1) is 16.8. The first-order valence-electron chi connectivity index (χ1n) is 8.99. The molecule has 1 fully saturated rings. The van der Waals surface area contributed by atoms with Crippen LogP contribution in [0.15, 0.2) is 42.6 Å². The summed E-state index contributed by atoms with van der Waals surface area (Å²) in [5.41, 5.74) is 1.48. The third-order valence-corrected chi connectivity index (χ3v) is 5.01. The molecule has 2 heterocycles. The Hall–Kier alpha value is -2.68. The van der Waals surface area contributed by atoms with E-state index >= 15 is 0 Å². The fraction of sp³-hybridized carbons (Fsp3) is 0.333. The molecule has 0 amide bonds. The van der Waals surface area contributed by atoms with Crippen LogP contribution < -0.4 is 4.74 Å². The minimum atomic E-state index is 0.584. The lowest BCUT2D eigenvalue weighted by molar-refractivity contribution is 0.134. The monoisotopic (exact) mass is 346 g/mol. The number of rotatable bonds is 4. The van der Waals surface area contributed by atoms with E-state index in [4.69, 9.17) is 10.00 Å². The highest BCUT2D eigenvalue weighted by molar-refractivity contribution is 5.97. The zero-order valence-corrected chi connectivity index (χ0v) is 15.0. The van der Waals surface area contributed by atoms with E-state index in [0.717, 1.165) is 60.1 Å². The maximum Gasteiger partial charge on any atom is 0.120 e. The molecular weight excluding hydrogens is 324 g/mol. The molecule has 5 heteroatoms. The molecule has 4 rings (SSSR count). The summed E-state index contributed by atoms with van der Waals surface area (Å²) in [5.74, 6) is 0.889. The normalized spacial score (nSPS) is 16.0. The first-order chi connectivity index (χ1) is 12.7. The molecule has 0 unspecified atom stereocenters. The summed E-state index contributed by atoms with van der Waals surface area (Å²) in [4.78, 5) is 9.20. The Kier molecular flexibility index (Phi) is 4.70. The lowest BCUT2D eigenvalue weighted by atomic mass is 10.1. The van der Waals surface area contributed by atoms with Gasteiger partial charge in [0.2, 0.25) is 0 Å². The molecule has 1 aliphatic heterocycles. The van der Waals surface area contributed by atoms with E-state index < -0.39 is 0 Å². The fourth-order valence-electron chi connectivity index (χ4n) is 3.37. The summed E-state index contributed by atoms with van der Waals surface area (Å²) in [6.07, 6.45) is 1.62. The standard InChI is InChI=1S/C21H22N4O/c1-24-4-6-25(7-5-24)8-9-26-20-3-2-17-11-19-10-16(14-22)15-23-21(19)13-18(17)12-20/h2-3,10-13,15H,4-9H2,1H3. The Bertz CT molecular complexity index is 971. The molecule has 1 saturated heterocycles. The minimum Gasteiger partial charge on any atom is -0.492 e. The van der Waals surface area contributed by atoms with Gasteiger partial charge in [0.1, 0.15) is 18.4 Å². The summed E-state index contributed by atoms with van der Waals surface area (Å²) in [7, 11) is 2.17. The predicted octanol–water partition coefficient (Wildman–Crippen LogP) is 2.89. The second-order valence-corrected chi connectivity index (χ2v) is 6.88. The SMILES string of the molecule is CN1CCN(CCOc2ccc3cc4cc(C#N)cnc4cc3c2)CC1. The zero-order chi connectivity index (χ0) is 17.9. The first-order valence-corrected chi connectivity index (χ1v) is 8.99. The summed E-state index contributed by atoms with van der Waals surface area (Å²) in [6.45, 7) is 6.14. The van der Waals surface area contributed by atoms with Crippen molar-refractivity contribution in [1.82, 2.24) is 14.8 Å². The van der Waals surface area contributed by atoms with Gasteiger partial charge in [0.25, 0.3) is 0 Å². The summed E-state index contributed by atoms with van der Waals surface area (Å²) in [6, 6.07) is 14.3. The number of piperazine rings is 1. The van der Waals surface area contributed by atoms with Gasteiger partial charge in [-0.15, -0.1) is 0 Å². The van der Waals surface area contributed by atoms with E-state index in [1.165, 1.54) is 0 Å². The van der Waals surface area contributed by atoms with Crippen molar-refractivity contribution in [3.8, 4) is 11.8 Å². The van der Waals surface area contributed by atoms with E-state index in [-0.39, 0.29) is 0 Å². The molecule has 26 heavy (non-hydrogen) atoms. The molecule has 0 atom stereocenters. The number of ether oxygens (including phenoxy) is 1. The van der Waals surface area contributed by atoms with Gasteiger partial charge in [0.05, 0.1) is 11.1 Å². The summed E-state index contributed by atoms with van der Waals surface area (Å²) >= 11 is 0. The fourth-order valence-corrected chi connectivity index (χ4v) is 3.37.